The maximum Gasteiger partial charge on any atom is 0.194 e. The van der Waals surface area contributed by atoms with Gasteiger partial charge in [-0.1, -0.05) is 11.3 Å². The number of benzene rings is 1. The summed E-state index contributed by atoms with van der Waals surface area (Å²) in [6, 6.07) is 0.975. The molecule has 2 aliphatic rings. The largest absolute Gasteiger partial charge is 0.388 e. The standard InChI is InChI=1S/C20H22F3N3O4/c1-4-5-14-18(27)17(19-15(29-14)9-28-20(2,3)30-19)26-8-13(24-25-26)10-6-11(21)16(23)12(22)7-10/h4,6-8,14-15,17-19,27H,1,5,9H2,2-3H3/t14-,15-,17-,18+,19+/m1/s1. The quantitative estimate of drug-likeness (QED) is 0.600. The van der Waals surface area contributed by atoms with Gasteiger partial charge >= 0.3 is 0 Å². The second-order valence-electron chi connectivity index (χ2n) is 7.85. The van der Waals surface area contributed by atoms with Crippen molar-refractivity contribution < 1.29 is 32.5 Å². The van der Waals surface area contributed by atoms with Crippen LogP contribution in [0.25, 0.3) is 11.3 Å². The van der Waals surface area contributed by atoms with Gasteiger partial charge in [0.2, 0.25) is 0 Å². The lowest BCUT2D eigenvalue weighted by Gasteiger charge is -2.50. The van der Waals surface area contributed by atoms with E-state index in [9.17, 15) is 18.3 Å². The molecule has 5 atom stereocenters. The van der Waals surface area contributed by atoms with Crippen molar-refractivity contribution >= 4 is 0 Å². The number of hydrogen-bond donors (Lipinski definition) is 1. The van der Waals surface area contributed by atoms with Gasteiger partial charge in [0.1, 0.15) is 30.0 Å². The molecular formula is C20H22F3N3O4. The van der Waals surface area contributed by atoms with Crippen LogP contribution in [0.2, 0.25) is 0 Å². The van der Waals surface area contributed by atoms with Crippen LogP contribution in [0.15, 0.2) is 31.0 Å². The van der Waals surface area contributed by atoms with Crippen molar-refractivity contribution in [3.63, 3.8) is 0 Å². The van der Waals surface area contributed by atoms with Crippen LogP contribution in [0.4, 0.5) is 13.2 Å². The van der Waals surface area contributed by atoms with Crippen LogP contribution in [-0.2, 0) is 14.2 Å². The van der Waals surface area contributed by atoms with E-state index in [4.69, 9.17) is 14.2 Å². The highest BCUT2D eigenvalue weighted by atomic mass is 19.2. The first-order valence-electron chi connectivity index (χ1n) is 9.53. The number of rotatable bonds is 4. The molecule has 4 rings (SSSR count). The fourth-order valence-corrected chi connectivity index (χ4v) is 3.87. The van der Waals surface area contributed by atoms with E-state index in [0.717, 1.165) is 12.1 Å². The Bertz CT molecular complexity index is 928. The van der Waals surface area contributed by atoms with E-state index in [1.165, 1.54) is 10.9 Å². The van der Waals surface area contributed by atoms with Crippen molar-refractivity contribution in [3.05, 3.63) is 48.4 Å². The van der Waals surface area contributed by atoms with E-state index in [1.807, 2.05) is 0 Å². The summed E-state index contributed by atoms with van der Waals surface area (Å²) >= 11 is 0. The van der Waals surface area contributed by atoms with Crippen molar-refractivity contribution in [2.45, 2.75) is 56.5 Å². The molecule has 0 spiro atoms. The van der Waals surface area contributed by atoms with Crippen molar-refractivity contribution in [2.24, 2.45) is 0 Å². The Balaban J connectivity index is 1.70. The summed E-state index contributed by atoms with van der Waals surface area (Å²) in [5.74, 6) is -5.11. The Morgan fingerprint density at radius 1 is 1.30 bits per heavy atom. The highest BCUT2D eigenvalue weighted by Gasteiger charge is 2.51. The summed E-state index contributed by atoms with van der Waals surface area (Å²) in [6.07, 6.45) is 0.784. The second-order valence-corrected chi connectivity index (χ2v) is 7.85. The number of hydrogen-bond acceptors (Lipinski definition) is 6. The Hall–Kier alpha value is -2.27. The molecule has 2 aliphatic heterocycles. The maximum absolute atomic E-state index is 13.6. The topological polar surface area (TPSA) is 78.6 Å². The molecule has 0 saturated carbocycles. The molecule has 0 aliphatic carbocycles. The van der Waals surface area contributed by atoms with E-state index in [1.54, 1.807) is 19.9 Å². The third-order valence-electron chi connectivity index (χ3n) is 5.29. The van der Waals surface area contributed by atoms with Gasteiger partial charge in [0.05, 0.1) is 18.9 Å². The van der Waals surface area contributed by atoms with Crippen LogP contribution < -0.4 is 0 Å². The van der Waals surface area contributed by atoms with Gasteiger partial charge in [0, 0.05) is 5.56 Å². The Morgan fingerprint density at radius 3 is 2.67 bits per heavy atom. The Kier molecular flexibility index (Phi) is 5.43. The lowest BCUT2D eigenvalue weighted by molar-refractivity contribution is -0.348. The molecule has 162 valence electrons. The molecule has 0 amide bonds. The summed E-state index contributed by atoms with van der Waals surface area (Å²) in [4.78, 5) is 0. The third kappa shape index (κ3) is 3.76. The van der Waals surface area contributed by atoms with Crippen molar-refractivity contribution in [1.82, 2.24) is 15.0 Å². The summed E-state index contributed by atoms with van der Waals surface area (Å²) in [5, 5.41) is 19.0. The fourth-order valence-electron chi connectivity index (χ4n) is 3.87. The van der Waals surface area contributed by atoms with Crippen molar-refractivity contribution in [1.29, 1.82) is 0 Å². The summed E-state index contributed by atoms with van der Waals surface area (Å²) in [6.45, 7) is 7.44. The minimum Gasteiger partial charge on any atom is -0.388 e. The zero-order valence-electron chi connectivity index (χ0n) is 16.5. The van der Waals surface area contributed by atoms with Gasteiger partial charge in [0.25, 0.3) is 0 Å². The predicted molar refractivity (Wildman–Crippen MR) is 98.8 cm³/mol. The normalized spacial score (nSPS) is 30.7. The number of aromatic nitrogens is 3. The SMILES string of the molecule is C=CC[C@H]1O[C@@H]2COC(C)(C)O[C@@H]2[C@H](n2cc(-c3cc(F)c(F)c(F)c3)nn2)[C@H]1O. The van der Waals surface area contributed by atoms with Gasteiger partial charge in [-0.3, -0.25) is 0 Å². The zero-order chi connectivity index (χ0) is 21.6. The first kappa shape index (κ1) is 21.0. The lowest BCUT2D eigenvalue weighted by atomic mass is 9.90. The molecule has 10 heteroatoms. The van der Waals surface area contributed by atoms with Crippen LogP contribution in [0, 0.1) is 17.5 Å². The van der Waals surface area contributed by atoms with Crippen LogP contribution >= 0.6 is 0 Å². The minimum absolute atomic E-state index is 0.0200. The summed E-state index contributed by atoms with van der Waals surface area (Å²) in [5.41, 5.74) is 0.140. The molecular weight excluding hydrogens is 403 g/mol. The van der Waals surface area contributed by atoms with Crippen molar-refractivity contribution in [3.8, 4) is 11.3 Å². The van der Waals surface area contributed by atoms with E-state index >= 15 is 0 Å². The molecule has 7 nitrogen and oxygen atoms in total. The number of aliphatic hydroxyl groups is 1. The minimum atomic E-state index is -1.56. The second kappa shape index (κ2) is 7.77. The van der Waals surface area contributed by atoms with Crippen molar-refractivity contribution in [2.75, 3.05) is 6.61 Å². The monoisotopic (exact) mass is 425 g/mol. The van der Waals surface area contributed by atoms with Crippen LogP contribution in [0.5, 0.6) is 0 Å². The Morgan fingerprint density at radius 2 is 2.00 bits per heavy atom. The predicted octanol–water partition coefficient (Wildman–Crippen LogP) is 2.76. The van der Waals surface area contributed by atoms with Gasteiger partial charge in [-0.05, 0) is 32.4 Å². The fraction of sp³-hybridized carbons (Fsp3) is 0.500. The first-order chi connectivity index (χ1) is 14.2. The molecule has 3 heterocycles. The summed E-state index contributed by atoms with van der Waals surface area (Å²) in [7, 11) is 0. The van der Waals surface area contributed by atoms with Gasteiger partial charge in [0.15, 0.2) is 23.2 Å². The van der Waals surface area contributed by atoms with Gasteiger partial charge in [-0.25, -0.2) is 17.9 Å². The van der Waals surface area contributed by atoms with E-state index in [-0.39, 0.29) is 17.9 Å². The smallest absolute Gasteiger partial charge is 0.194 e. The van der Waals surface area contributed by atoms with Crippen LogP contribution in [0.1, 0.15) is 26.3 Å². The molecule has 2 saturated heterocycles. The Labute approximate surface area is 171 Å². The molecule has 2 aromatic rings. The molecule has 0 radical (unpaired) electrons. The highest BCUT2D eigenvalue weighted by Crippen LogP contribution is 2.39. The van der Waals surface area contributed by atoms with E-state index < -0.39 is 53.7 Å². The van der Waals surface area contributed by atoms with Gasteiger partial charge in [-0.2, -0.15) is 0 Å². The average molecular weight is 425 g/mol. The van der Waals surface area contributed by atoms with Gasteiger partial charge < -0.3 is 19.3 Å². The number of aliphatic hydroxyl groups excluding tert-OH is 1. The van der Waals surface area contributed by atoms with E-state index in [2.05, 4.69) is 16.9 Å². The summed E-state index contributed by atoms with van der Waals surface area (Å²) < 4.78 is 59.5. The first-order valence-corrected chi connectivity index (χ1v) is 9.53. The molecule has 1 aromatic heterocycles. The lowest BCUT2D eigenvalue weighted by Crippen LogP contribution is -2.62. The molecule has 30 heavy (non-hydrogen) atoms. The van der Waals surface area contributed by atoms with Crippen LogP contribution in [0.3, 0.4) is 0 Å². The van der Waals surface area contributed by atoms with Gasteiger partial charge in [-0.15, -0.1) is 11.7 Å². The molecule has 2 fully saturated rings. The number of nitrogens with zero attached hydrogens (tertiary/aromatic N) is 3. The third-order valence-corrected chi connectivity index (χ3v) is 5.29. The average Bonchev–Trinajstić information content (AvgIpc) is 3.16. The number of ether oxygens (including phenoxy) is 3. The van der Waals surface area contributed by atoms with E-state index in [0.29, 0.717) is 6.42 Å². The maximum atomic E-state index is 13.6. The van der Waals surface area contributed by atoms with Crippen LogP contribution in [-0.4, -0.2) is 56.9 Å². The molecule has 1 aromatic carbocycles. The number of halogens is 3. The number of fused-ring (bicyclic) bond motifs is 1. The highest BCUT2D eigenvalue weighted by molar-refractivity contribution is 5.57. The zero-order valence-corrected chi connectivity index (χ0v) is 16.5. The molecule has 0 bridgehead atoms. The molecule has 1 N–H and O–H groups in total. The molecule has 0 unspecified atom stereocenters.